The predicted octanol–water partition coefficient (Wildman–Crippen LogP) is 3.02. The van der Waals surface area contributed by atoms with Crippen molar-refractivity contribution in [3.8, 4) is 0 Å². The molecule has 0 atom stereocenters. The second kappa shape index (κ2) is 5.37. The number of carboxylic acids is 1. The van der Waals surface area contributed by atoms with Gasteiger partial charge in [-0.1, -0.05) is 15.9 Å². The maximum absolute atomic E-state index is 12.8. The van der Waals surface area contributed by atoms with E-state index >= 15 is 0 Å². The fourth-order valence-corrected chi connectivity index (χ4v) is 5.19. The summed E-state index contributed by atoms with van der Waals surface area (Å²) >= 11 is 3.25. The van der Waals surface area contributed by atoms with Gasteiger partial charge in [-0.15, -0.1) is 0 Å². The quantitative estimate of drug-likeness (QED) is 0.880. The van der Waals surface area contributed by atoms with E-state index in [4.69, 9.17) is 0 Å². The number of hydrogen-bond donors (Lipinski definition) is 1. The first-order valence-corrected chi connectivity index (χ1v) is 8.87. The Morgan fingerprint density at radius 3 is 2.48 bits per heavy atom. The average Bonchev–Trinajstić information content (AvgIpc) is 2.72. The third kappa shape index (κ3) is 2.86. The van der Waals surface area contributed by atoms with Gasteiger partial charge < -0.3 is 5.11 Å². The van der Waals surface area contributed by atoms with Gasteiger partial charge in [0.25, 0.3) is 0 Å². The van der Waals surface area contributed by atoms with Crippen molar-refractivity contribution in [2.75, 3.05) is 6.54 Å². The SMILES string of the molecule is Cc1c(Br)cc(S(=O)(=O)N2CCCC2(C)C)cc1C(=O)O. The highest BCUT2D eigenvalue weighted by atomic mass is 79.9. The number of hydrogen-bond acceptors (Lipinski definition) is 3. The maximum atomic E-state index is 12.8. The lowest BCUT2D eigenvalue weighted by molar-refractivity contribution is 0.0695. The zero-order valence-electron chi connectivity index (χ0n) is 12.2. The van der Waals surface area contributed by atoms with Crippen LogP contribution in [0.15, 0.2) is 21.5 Å². The Morgan fingerprint density at radius 1 is 1.38 bits per heavy atom. The van der Waals surface area contributed by atoms with Crippen LogP contribution in [-0.4, -0.2) is 35.9 Å². The number of rotatable bonds is 3. The van der Waals surface area contributed by atoms with Crippen LogP contribution >= 0.6 is 15.9 Å². The number of halogens is 1. The van der Waals surface area contributed by atoms with Crippen LogP contribution in [0, 0.1) is 6.92 Å². The number of carboxylic acid groups (broad SMARTS) is 1. The zero-order chi connectivity index (χ0) is 16.0. The molecule has 0 unspecified atom stereocenters. The Balaban J connectivity index is 2.58. The van der Waals surface area contributed by atoms with Crippen molar-refractivity contribution in [1.29, 1.82) is 0 Å². The first-order chi connectivity index (χ1) is 9.57. The topological polar surface area (TPSA) is 74.7 Å². The van der Waals surface area contributed by atoms with Gasteiger partial charge in [-0.05, 0) is 51.3 Å². The van der Waals surface area contributed by atoms with Crippen LogP contribution in [0.2, 0.25) is 0 Å². The fourth-order valence-electron chi connectivity index (χ4n) is 2.68. The van der Waals surface area contributed by atoms with Crippen LogP contribution in [0.5, 0.6) is 0 Å². The maximum Gasteiger partial charge on any atom is 0.336 e. The minimum absolute atomic E-state index is 0.0000435. The molecule has 1 fully saturated rings. The van der Waals surface area contributed by atoms with Crippen LogP contribution in [-0.2, 0) is 10.0 Å². The van der Waals surface area contributed by atoms with Crippen molar-refractivity contribution in [3.05, 3.63) is 27.7 Å². The molecule has 1 aliphatic heterocycles. The summed E-state index contributed by atoms with van der Waals surface area (Å²) in [6, 6.07) is 2.72. The van der Waals surface area contributed by atoms with E-state index in [1.165, 1.54) is 16.4 Å². The Kier molecular flexibility index (Phi) is 4.21. The highest BCUT2D eigenvalue weighted by Gasteiger charge is 2.41. The van der Waals surface area contributed by atoms with E-state index in [2.05, 4.69) is 15.9 Å². The van der Waals surface area contributed by atoms with E-state index in [1.807, 2.05) is 13.8 Å². The Hall–Kier alpha value is -0.920. The van der Waals surface area contributed by atoms with E-state index in [1.54, 1.807) is 6.92 Å². The Bertz CT molecular complexity index is 697. The van der Waals surface area contributed by atoms with Crippen molar-refractivity contribution in [1.82, 2.24) is 4.31 Å². The molecule has 0 amide bonds. The van der Waals surface area contributed by atoms with E-state index < -0.39 is 21.5 Å². The number of aromatic carboxylic acids is 1. The van der Waals surface area contributed by atoms with E-state index in [9.17, 15) is 18.3 Å². The molecule has 1 heterocycles. The summed E-state index contributed by atoms with van der Waals surface area (Å²) in [4.78, 5) is 11.3. The average molecular weight is 376 g/mol. The molecule has 5 nitrogen and oxygen atoms in total. The molecule has 1 N–H and O–H groups in total. The Morgan fingerprint density at radius 2 is 2.00 bits per heavy atom. The van der Waals surface area contributed by atoms with Crippen LogP contribution in [0.4, 0.5) is 0 Å². The molecular formula is C14H18BrNO4S. The molecule has 0 saturated carbocycles. The first kappa shape index (κ1) is 16.5. The molecule has 7 heteroatoms. The third-order valence-electron chi connectivity index (χ3n) is 3.96. The van der Waals surface area contributed by atoms with Gasteiger partial charge >= 0.3 is 5.97 Å². The Labute approximate surface area is 133 Å². The highest BCUT2D eigenvalue weighted by Crippen LogP contribution is 2.35. The highest BCUT2D eigenvalue weighted by molar-refractivity contribution is 9.10. The largest absolute Gasteiger partial charge is 0.478 e. The van der Waals surface area contributed by atoms with Crippen molar-refractivity contribution in [2.24, 2.45) is 0 Å². The van der Waals surface area contributed by atoms with E-state index in [0.29, 0.717) is 16.6 Å². The summed E-state index contributed by atoms with van der Waals surface area (Å²) in [6.45, 7) is 5.88. The van der Waals surface area contributed by atoms with Gasteiger partial charge in [0, 0.05) is 16.6 Å². The second-order valence-corrected chi connectivity index (χ2v) is 8.59. The summed E-state index contributed by atoms with van der Waals surface area (Å²) in [6.07, 6.45) is 1.61. The van der Waals surface area contributed by atoms with Gasteiger partial charge in [0.15, 0.2) is 0 Å². The molecule has 0 aliphatic carbocycles. The molecule has 2 rings (SSSR count). The van der Waals surface area contributed by atoms with E-state index in [-0.39, 0.29) is 10.5 Å². The molecule has 1 aromatic rings. The standard InChI is InChI=1S/C14H18BrNO4S/c1-9-11(13(17)18)7-10(8-12(9)15)21(19,20)16-6-4-5-14(16,2)3/h7-8H,4-6H2,1-3H3,(H,17,18). The summed E-state index contributed by atoms with van der Waals surface area (Å²) in [5.41, 5.74) is 0.0710. The van der Waals surface area contributed by atoms with Gasteiger partial charge in [-0.2, -0.15) is 4.31 Å². The smallest absolute Gasteiger partial charge is 0.336 e. The van der Waals surface area contributed by atoms with Crippen molar-refractivity contribution < 1.29 is 18.3 Å². The third-order valence-corrected chi connectivity index (χ3v) is 6.87. The predicted molar refractivity (Wildman–Crippen MR) is 83.0 cm³/mol. The van der Waals surface area contributed by atoms with Crippen molar-refractivity contribution in [2.45, 2.75) is 44.0 Å². The van der Waals surface area contributed by atoms with Crippen LogP contribution < -0.4 is 0 Å². The summed E-state index contributed by atoms with van der Waals surface area (Å²) in [5.74, 6) is -1.13. The van der Waals surface area contributed by atoms with Crippen LogP contribution in [0.3, 0.4) is 0 Å². The molecule has 0 aromatic heterocycles. The molecule has 0 bridgehead atoms. The number of nitrogens with zero attached hydrogens (tertiary/aromatic N) is 1. The molecule has 1 saturated heterocycles. The van der Waals surface area contributed by atoms with Gasteiger partial charge in [0.1, 0.15) is 0 Å². The van der Waals surface area contributed by atoms with Gasteiger partial charge in [0.05, 0.1) is 10.5 Å². The lowest BCUT2D eigenvalue weighted by atomic mass is 10.0. The molecule has 1 aromatic carbocycles. The van der Waals surface area contributed by atoms with Crippen LogP contribution in [0.1, 0.15) is 42.6 Å². The zero-order valence-corrected chi connectivity index (χ0v) is 14.6. The molecule has 116 valence electrons. The van der Waals surface area contributed by atoms with Crippen molar-refractivity contribution in [3.63, 3.8) is 0 Å². The van der Waals surface area contributed by atoms with Gasteiger partial charge in [-0.3, -0.25) is 0 Å². The minimum Gasteiger partial charge on any atom is -0.478 e. The second-order valence-electron chi connectivity index (χ2n) is 5.88. The summed E-state index contributed by atoms with van der Waals surface area (Å²) in [5, 5.41) is 9.22. The van der Waals surface area contributed by atoms with Crippen LogP contribution in [0.25, 0.3) is 0 Å². The normalized spacial score (nSPS) is 18.9. The van der Waals surface area contributed by atoms with Crippen molar-refractivity contribution >= 4 is 31.9 Å². The lowest BCUT2D eigenvalue weighted by Crippen LogP contribution is -2.42. The van der Waals surface area contributed by atoms with Gasteiger partial charge in [-0.25, -0.2) is 13.2 Å². The monoisotopic (exact) mass is 375 g/mol. The number of benzene rings is 1. The molecule has 0 spiro atoms. The molecule has 0 radical (unpaired) electrons. The summed E-state index contributed by atoms with van der Waals surface area (Å²) < 4.78 is 27.5. The number of sulfonamides is 1. The van der Waals surface area contributed by atoms with Gasteiger partial charge in [0.2, 0.25) is 10.0 Å². The lowest BCUT2D eigenvalue weighted by Gasteiger charge is -2.30. The minimum atomic E-state index is -3.70. The molecular weight excluding hydrogens is 358 g/mol. The summed E-state index contributed by atoms with van der Waals surface area (Å²) in [7, 11) is -3.70. The molecule has 1 aliphatic rings. The number of carbonyl (C=O) groups is 1. The molecule has 21 heavy (non-hydrogen) atoms. The van der Waals surface area contributed by atoms with E-state index in [0.717, 1.165) is 12.8 Å². The first-order valence-electron chi connectivity index (χ1n) is 6.63. The fraction of sp³-hybridized carbons (Fsp3) is 0.500.